The van der Waals surface area contributed by atoms with Crippen LogP contribution in [0.5, 0.6) is 5.75 Å². The first-order valence-electron chi connectivity index (χ1n) is 10.5. The SMILES string of the molecule is Cc1ccc([C@H](C)NC(=O)[C@@H]2CN(S(=O)(=O)Cc3ccccc3)c3ccccc3O2)cc1. The Labute approximate surface area is 188 Å². The van der Waals surface area contributed by atoms with Crippen LogP contribution in [0.1, 0.15) is 29.7 Å². The van der Waals surface area contributed by atoms with Crippen molar-refractivity contribution in [3.63, 3.8) is 0 Å². The van der Waals surface area contributed by atoms with Crippen LogP contribution in [-0.4, -0.2) is 27.0 Å². The van der Waals surface area contributed by atoms with Gasteiger partial charge >= 0.3 is 0 Å². The van der Waals surface area contributed by atoms with E-state index in [2.05, 4.69) is 5.32 Å². The number of nitrogens with one attached hydrogen (secondary N) is 1. The van der Waals surface area contributed by atoms with Crippen LogP contribution in [0.4, 0.5) is 5.69 Å². The molecule has 7 heteroatoms. The predicted molar refractivity (Wildman–Crippen MR) is 125 cm³/mol. The van der Waals surface area contributed by atoms with Crippen LogP contribution >= 0.6 is 0 Å². The largest absolute Gasteiger partial charge is 0.476 e. The lowest BCUT2D eigenvalue weighted by atomic mass is 10.1. The average Bonchev–Trinajstić information content (AvgIpc) is 2.79. The number of nitrogens with zero attached hydrogens (tertiary/aromatic N) is 1. The van der Waals surface area contributed by atoms with Crippen molar-refractivity contribution < 1.29 is 17.9 Å². The van der Waals surface area contributed by atoms with Gasteiger partial charge in [-0.05, 0) is 37.1 Å². The summed E-state index contributed by atoms with van der Waals surface area (Å²) in [7, 11) is -3.73. The Morgan fingerprint density at radius 1 is 1.03 bits per heavy atom. The maximum Gasteiger partial charge on any atom is 0.263 e. The monoisotopic (exact) mass is 450 g/mol. The van der Waals surface area contributed by atoms with Gasteiger partial charge in [-0.3, -0.25) is 9.10 Å². The molecule has 0 saturated heterocycles. The molecule has 1 N–H and O–H groups in total. The van der Waals surface area contributed by atoms with E-state index < -0.39 is 16.1 Å². The van der Waals surface area contributed by atoms with Gasteiger partial charge in [0, 0.05) is 0 Å². The summed E-state index contributed by atoms with van der Waals surface area (Å²) in [5.74, 6) is -0.137. The number of hydrogen-bond acceptors (Lipinski definition) is 4. The van der Waals surface area contributed by atoms with Gasteiger partial charge in [-0.1, -0.05) is 72.3 Å². The van der Waals surface area contributed by atoms with Gasteiger partial charge in [-0.25, -0.2) is 8.42 Å². The highest BCUT2D eigenvalue weighted by molar-refractivity contribution is 7.92. The van der Waals surface area contributed by atoms with Crippen LogP contribution in [0.15, 0.2) is 78.9 Å². The number of fused-ring (bicyclic) bond motifs is 1. The standard InChI is InChI=1S/C25H26N2O4S/c1-18-12-14-21(15-13-18)19(2)26-25(28)24-16-27(22-10-6-7-11-23(22)31-24)32(29,30)17-20-8-4-3-5-9-20/h3-15,19,24H,16-17H2,1-2H3,(H,26,28)/t19-,24-/m0/s1. The number of amides is 1. The number of rotatable bonds is 6. The number of carbonyl (C=O) groups is 1. The molecule has 0 saturated carbocycles. The highest BCUT2D eigenvalue weighted by Crippen LogP contribution is 2.36. The lowest BCUT2D eigenvalue weighted by Crippen LogP contribution is -2.51. The predicted octanol–water partition coefficient (Wildman–Crippen LogP) is 3.97. The minimum atomic E-state index is -3.73. The molecule has 1 aliphatic rings. The van der Waals surface area contributed by atoms with Gasteiger partial charge in [0.25, 0.3) is 5.91 Å². The summed E-state index contributed by atoms with van der Waals surface area (Å²) in [6, 6.07) is 23.6. The van der Waals surface area contributed by atoms with Crippen LogP contribution < -0.4 is 14.4 Å². The topological polar surface area (TPSA) is 75.7 Å². The maximum absolute atomic E-state index is 13.3. The molecular formula is C25H26N2O4S. The fourth-order valence-electron chi connectivity index (χ4n) is 3.71. The second-order valence-electron chi connectivity index (χ2n) is 7.99. The molecule has 0 fully saturated rings. The molecule has 1 heterocycles. The first kappa shape index (κ1) is 21.9. The molecule has 1 aliphatic heterocycles. The van der Waals surface area contributed by atoms with Crippen molar-refractivity contribution in [3.8, 4) is 5.75 Å². The number of benzene rings is 3. The molecule has 0 unspecified atom stereocenters. The molecule has 3 aromatic rings. The van der Waals surface area contributed by atoms with Gasteiger partial charge in [-0.2, -0.15) is 0 Å². The number of anilines is 1. The second-order valence-corrected chi connectivity index (χ2v) is 9.88. The number of carbonyl (C=O) groups excluding carboxylic acids is 1. The third-order valence-electron chi connectivity index (χ3n) is 5.49. The summed E-state index contributed by atoms with van der Waals surface area (Å²) >= 11 is 0. The number of ether oxygens (including phenoxy) is 1. The molecule has 0 aliphatic carbocycles. The Kier molecular flexibility index (Phi) is 6.19. The molecular weight excluding hydrogens is 424 g/mol. The van der Waals surface area contributed by atoms with Gasteiger partial charge in [0.15, 0.2) is 6.10 Å². The third kappa shape index (κ3) is 4.78. The van der Waals surface area contributed by atoms with Crippen molar-refractivity contribution in [1.82, 2.24) is 5.32 Å². The van der Waals surface area contributed by atoms with Crippen molar-refractivity contribution in [2.75, 3.05) is 10.8 Å². The number of para-hydroxylation sites is 2. The van der Waals surface area contributed by atoms with E-state index in [1.54, 1.807) is 48.5 Å². The summed E-state index contributed by atoms with van der Waals surface area (Å²) in [5, 5.41) is 2.95. The van der Waals surface area contributed by atoms with Crippen molar-refractivity contribution >= 4 is 21.6 Å². The minimum Gasteiger partial charge on any atom is -0.476 e. The lowest BCUT2D eigenvalue weighted by molar-refractivity contribution is -0.128. The number of hydrogen-bond donors (Lipinski definition) is 1. The van der Waals surface area contributed by atoms with E-state index in [9.17, 15) is 13.2 Å². The van der Waals surface area contributed by atoms with E-state index >= 15 is 0 Å². The van der Waals surface area contributed by atoms with Crippen LogP contribution in [0.25, 0.3) is 0 Å². The molecule has 1 amide bonds. The molecule has 0 bridgehead atoms. The third-order valence-corrected chi connectivity index (χ3v) is 7.21. The van der Waals surface area contributed by atoms with E-state index in [4.69, 9.17) is 4.74 Å². The molecule has 0 aromatic heterocycles. The molecule has 0 spiro atoms. The van der Waals surface area contributed by atoms with Crippen molar-refractivity contribution in [1.29, 1.82) is 0 Å². The molecule has 32 heavy (non-hydrogen) atoms. The molecule has 6 nitrogen and oxygen atoms in total. The zero-order chi connectivity index (χ0) is 22.7. The summed E-state index contributed by atoms with van der Waals surface area (Å²) < 4.78 is 33.8. The Bertz CT molecular complexity index is 1190. The summed E-state index contributed by atoms with van der Waals surface area (Å²) in [6.45, 7) is 3.81. The molecule has 4 rings (SSSR count). The van der Waals surface area contributed by atoms with E-state index in [-0.39, 0.29) is 24.2 Å². The summed E-state index contributed by atoms with van der Waals surface area (Å²) in [4.78, 5) is 13.0. The normalized spacial score (nSPS) is 16.6. The smallest absolute Gasteiger partial charge is 0.263 e. The minimum absolute atomic E-state index is 0.0847. The zero-order valence-electron chi connectivity index (χ0n) is 18.1. The van der Waals surface area contributed by atoms with Crippen LogP contribution in [-0.2, 0) is 20.6 Å². The highest BCUT2D eigenvalue weighted by Gasteiger charge is 2.37. The van der Waals surface area contributed by atoms with Crippen LogP contribution in [0, 0.1) is 6.92 Å². The molecule has 3 aromatic carbocycles. The van der Waals surface area contributed by atoms with Gasteiger partial charge in [0.1, 0.15) is 5.75 Å². The number of aryl methyl sites for hydroxylation is 1. The Balaban J connectivity index is 1.56. The fraction of sp³-hybridized carbons (Fsp3) is 0.240. The maximum atomic E-state index is 13.3. The van der Waals surface area contributed by atoms with Gasteiger partial charge in [0.05, 0.1) is 24.0 Å². The highest BCUT2D eigenvalue weighted by atomic mass is 32.2. The Morgan fingerprint density at radius 3 is 2.41 bits per heavy atom. The first-order valence-corrected chi connectivity index (χ1v) is 12.1. The van der Waals surface area contributed by atoms with E-state index in [1.165, 1.54) is 4.31 Å². The van der Waals surface area contributed by atoms with Crippen molar-refractivity contribution in [2.45, 2.75) is 31.7 Å². The van der Waals surface area contributed by atoms with E-state index in [0.717, 1.165) is 11.1 Å². The first-order chi connectivity index (χ1) is 15.3. The van der Waals surface area contributed by atoms with Crippen molar-refractivity contribution in [2.24, 2.45) is 0 Å². The molecule has 2 atom stereocenters. The van der Waals surface area contributed by atoms with Gasteiger partial charge in [0.2, 0.25) is 10.0 Å². The van der Waals surface area contributed by atoms with E-state index in [1.807, 2.05) is 44.2 Å². The van der Waals surface area contributed by atoms with Crippen LogP contribution in [0.3, 0.4) is 0 Å². The Hall–Kier alpha value is -3.32. The summed E-state index contributed by atoms with van der Waals surface area (Å²) in [6.07, 6.45) is -0.955. The molecule has 166 valence electrons. The van der Waals surface area contributed by atoms with Crippen molar-refractivity contribution in [3.05, 3.63) is 95.6 Å². The quantitative estimate of drug-likeness (QED) is 0.617. The second kappa shape index (κ2) is 9.04. The van der Waals surface area contributed by atoms with Crippen LogP contribution in [0.2, 0.25) is 0 Å². The average molecular weight is 451 g/mol. The summed E-state index contributed by atoms with van der Waals surface area (Å²) in [5.41, 5.74) is 3.23. The van der Waals surface area contributed by atoms with Gasteiger partial charge in [-0.15, -0.1) is 0 Å². The zero-order valence-corrected chi connectivity index (χ0v) is 18.9. The fourth-order valence-corrected chi connectivity index (χ4v) is 5.29. The molecule has 0 radical (unpaired) electrons. The lowest BCUT2D eigenvalue weighted by Gasteiger charge is -2.35. The Morgan fingerprint density at radius 2 is 1.69 bits per heavy atom. The number of sulfonamides is 1. The van der Waals surface area contributed by atoms with E-state index in [0.29, 0.717) is 17.0 Å². The van der Waals surface area contributed by atoms with Gasteiger partial charge < -0.3 is 10.1 Å².